The Labute approximate surface area is 150 Å². The third-order valence-electron chi connectivity index (χ3n) is 4.27. The molecule has 0 spiro atoms. The van der Waals surface area contributed by atoms with E-state index < -0.39 is 17.9 Å². The number of aryl methyl sites for hydroxylation is 1. The number of hydrogen-bond donors (Lipinski definition) is 2. The van der Waals surface area contributed by atoms with E-state index in [1.54, 1.807) is 13.1 Å². The molecule has 7 nitrogen and oxygen atoms in total. The second kappa shape index (κ2) is 7.26. The highest BCUT2D eigenvalue weighted by Crippen LogP contribution is 2.32. The molecule has 3 amide bonds. The number of furan rings is 1. The van der Waals surface area contributed by atoms with Crippen LogP contribution in [-0.4, -0.2) is 22.6 Å². The number of hydrogen-bond acceptors (Lipinski definition) is 4. The van der Waals surface area contributed by atoms with Crippen LogP contribution in [0.25, 0.3) is 6.08 Å². The van der Waals surface area contributed by atoms with Gasteiger partial charge in [-0.2, -0.15) is 0 Å². The number of benzene rings is 1. The molecule has 3 rings (SSSR count). The minimum Gasteiger partial charge on any atom is -0.469 e. The predicted octanol–water partition coefficient (Wildman–Crippen LogP) is 2.31. The Morgan fingerprint density at radius 2 is 1.92 bits per heavy atom. The van der Waals surface area contributed by atoms with Crippen molar-refractivity contribution >= 4 is 23.8 Å². The summed E-state index contributed by atoms with van der Waals surface area (Å²) in [5.74, 6) is -0.560. The van der Waals surface area contributed by atoms with Crippen molar-refractivity contribution in [2.24, 2.45) is 0 Å². The number of carbonyl (C=O) groups is 3. The Balaban J connectivity index is 1.69. The molecule has 0 fully saturated rings. The molecule has 0 bridgehead atoms. The van der Waals surface area contributed by atoms with Gasteiger partial charge in [-0.15, -0.1) is 0 Å². The smallest absolute Gasteiger partial charge is 0.273 e. The lowest BCUT2D eigenvalue weighted by Gasteiger charge is -2.32. The summed E-state index contributed by atoms with van der Waals surface area (Å²) in [7, 11) is 0. The molecule has 1 aromatic carbocycles. The monoisotopic (exact) mass is 353 g/mol. The van der Waals surface area contributed by atoms with Crippen molar-refractivity contribution in [3.63, 3.8) is 0 Å². The quantitative estimate of drug-likeness (QED) is 0.829. The number of nitrogens with one attached hydrogen (secondary N) is 2. The average molecular weight is 353 g/mol. The molecule has 26 heavy (non-hydrogen) atoms. The lowest BCUT2D eigenvalue weighted by Crippen LogP contribution is -2.43. The number of fused-ring (bicyclic) bond motifs is 1. The molecule has 7 heteroatoms. The van der Waals surface area contributed by atoms with E-state index in [1.165, 1.54) is 24.2 Å². The summed E-state index contributed by atoms with van der Waals surface area (Å²) in [5.41, 5.74) is 6.95. The van der Waals surface area contributed by atoms with Crippen LogP contribution in [0.3, 0.4) is 0 Å². The highest BCUT2D eigenvalue weighted by Gasteiger charge is 2.28. The molecule has 1 aliphatic heterocycles. The van der Waals surface area contributed by atoms with Gasteiger partial charge in [0.15, 0.2) is 0 Å². The topological polar surface area (TPSA) is 91.7 Å². The second-order valence-corrected chi connectivity index (χ2v) is 5.98. The zero-order chi connectivity index (χ0) is 18.7. The number of carbonyl (C=O) groups excluding carboxylic acids is 3. The first kappa shape index (κ1) is 17.5. The van der Waals surface area contributed by atoms with Crippen molar-refractivity contribution < 1.29 is 18.8 Å². The Bertz CT molecular complexity index is 884. The maximum atomic E-state index is 12.3. The van der Waals surface area contributed by atoms with Crippen LogP contribution in [0.15, 0.2) is 47.2 Å². The van der Waals surface area contributed by atoms with Crippen LogP contribution >= 0.6 is 0 Å². The van der Waals surface area contributed by atoms with Crippen LogP contribution in [0, 0.1) is 6.92 Å². The largest absolute Gasteiger partial charge is 0.469 e. The Hall–Kier alpha value is -3.35. The average Bonchev–Trinajstić information content (AvgIpc) is 3.05. The van der Waals surface area contributed by atoms with E-state index >= 15 is 0 Å². The molecule has 2 heterocycles. The van der Waals surface area contributed by atoms with Crippen molar-refractivity contribution in [1.82, 2.24) is 15.8 Å². The molecular weight excluding hydrogens is 334 g/mol. The number of amides is 3. The number of hydrazine groups is 1. The molecule has 1 aromatic heterocycles. The second-order valence-electron chi connectivity index (χ2n) is 5.98. The summed E-state index contributed by atoms with van der Waals surface area (Å²) >= 11 is 0. The first-order valence-electron chi connectivity index (χ1n) is 8.16. The maximum absolute atomic E-state index is 12.3. The lowest BCUT2D eigenvalue weighted by molar-refractivity contribution is -0.130. The fourth-order valence-corrected chi connectivity index (χ4v) is 2.95. The van der Waals surface area contributed by atoms with Gasteiger partial charge < -0.3 is 9.32 Å². The summed E-state index contributed by atoms with van der Waals surface area (Å²) in [6, 6.07) is 8.68. The number of nitrogens with zero attached hydrogens (tertiary/aromatic N) is 1. The van der Waals surface area contributed by atoms with Crippen LogP contribution in [0.4, 0.5) is 0 Å². The maximum Gasteiger partial charge on any atom is 0.273 e. The van der Waals surface area contributed by atoms with Crippen molar-refractivity contribution in [1.29, 1.82) is 0 Å². The fourth-order valence-electron chi connectivity index (χ4n) is 2.95. The normalized spacial score (nSPS) is 15.3. The Morgan fingerprint density at radius 3 is 2.62 bits per heavy atom. The molecule has 1 aliphatic rings. The first-order valence-corrected chi connectivity index (χ1v) is 8.16. The van der Waals surface area contributed by atoms with Gasteiger partial charge in [-0.05, 0) is 30.2 Å². The van der Waals surface area contributed by atoms with Gasteiger partial charge in [0.1, 0.15) is 5.76 Å². The minimum atomic E-state index is -0.461. The fraction of sp³-hybridized carbons (Fsp3) is 0.211. The van der Waals surface area contributed by atoms with Crippen molar-refractivity contribution in [2.45, 2.75) is 26.3 Å². The van der Waals surface area contributed by atoms with Gasteiger partial charge in [0, 0.05) is 13.1 Å². The summed E-state index contributed by atoms with van der Waals surface area (Å²) in [5, 5.41) is 0. The van der Waals surface area contributed by atoms with E-state index in [9.17, 15) is 14.4 Å². The van der Waals surface area contributed by atoms with Crippen LogP contribution in [0.5, 0.6) is 0 Å². The Kier molecular flexibility index (Phi) is 4.88. The predicted molar refractivity (Wildman–Crippen MR) is 94.4 cm³/mol. The third kappa shape index (κ3) is 3.51. The van der Waals surface area contributed by atoms with Gasteiger partial charge in [0.05, 0.1) is 24.3 Å². The molecule has 0 radical (unpaired) electrons. The van der Waals surface area contributed by atoms with Crippen molar-refractivity contribution in [3.05, 3.63) is 65.2 Å². The highest BCUT2D eigenvalue weighted by molar-refractivity contribution is 5.96. The summed E-state index contributed by atoms with van der Waals surface area (Å²) in [4.78, 5) is 37.8. The molecule has 2 N–H and O–H groups in total. The van der Waals surface area contributed by atoms with E-state index in [0.29, 0.717) is 11.3 Å². The summed E-state index contributed by atoms with van der Waals surface area (Å²) in [6.45, 7) is 3.11. The molecule has 0 aliphatic carbocycles. The van der Waals surface area contributed by atoms with E-state index in [-0.39, 0.29) is 12.3 Å². The standard InChI is InChI=1S/C19H19N3O4/c1-12-15(8-10-26-12)19(25)21-20-18(24)11-17-16-6-4-3-5-14(16)7-9-22(17)13(2)23/h3-10,17H,11H2,1-2H3,(H,20,24)(H,21,25). The third-order valence-corrected chi connectivity index (χ3v) is 4.27. The van der Waals surface area contributed by atoms with Gasteiger partial charge >= 0.3 is 0 Å². The molecule has 2 aromatic rings. The summed E-state index contributed by atoms with van der Waals surface area (Å²) in [6.07, 6.45) is 4.94. The van der Waals surface area contributed by atoms with E-state index in [2.05, 4.69) is 10.9 Å². The minimum absolute atomic E-state index is 0.0194. The molecule has 0 saturated carbocycles. The van der Waals surface area contributed by atoms with Gasteiger partial charge in [0.25, 0.3) is 5.91 Å². The van der Waals surface area contributed by atoms with Crippen LogP contribution in [-0.2, 0) is 9.59 Å². The van der Waals surface area contributed by atoms with Crippen LogP contribution in [0.2, 0.25) is 0 Å². The SMILES string of the molecule is CC(=O)N1C=Cc2ccccc2C1CC(=O)NNC(=O)c1ccoc1C. The first-order chi connectivity index (χ1) is 12.5. The van der Waals surface area contributed by atoms with Gasteiger partial charge in [-0.25, -0.2) is 0 Å². The Morgan fingerprint density at radius 1 is 1.15 bits per heavy atom. The number of rotatable bonds is 3. The zero-order valence-electron chi connectivity index (χ0n) is 14.5. The van der Waals surface area contributed by atoms with Crippen LogP contribution in [0.1, 0.15) is 46.6 Å². The molecule has 1 atom stereocenters. The van der Waals surface area contributed by atoms with Crippen LogP contribution < -0.4 is 10.9 Å². The summed E-state index contributed by atoms with van der Waals surface area (Å²) < 4.78 is 5.07. The molecule has 1 unspecified atom stereocenters. The van der Waals surface area contributed by atoms with E-state index in [1.807, 2.05) is 30.3 Å². The van der Waals surface area contributed by atoms with Gasteiger partial charge in [-0.1, -0.05) is 24.3 Å². The van der Waals surface area contributed by atoms with Gasteiger partial charge in [-0.3, -0.25) is 25.2 Å². The van der Waals surface area contributed by atoms with E-state index in [4.69, 9.17) is 4.42 Å². The lowest BCUT2D eigenvalue weighted by atomic mass is 9.93. The highest BCUT2D eigenvalue weighted by atomic mass is 16.3. The molecule has 134 valence electrons. The molecular formula is C19H19N3O4. The zero-order valence-corrected chi connectivity index (χ0v) is 14.5. The van der Waals surface area contributed by atoms with Crippen molar-refractivity contribution in [2.75, 3.05) is 0 Å². The van der Waals surface area contributed by atoms with Crippen molar-refractivity contribution in [3.8, 4) is 0 Å². The van der Waals surface area contributed by atoms with E-state index in [0.717, 1.165) is 11.1 Å². The van der Waals surface area contributed by atoms with Gasteiger partial charge in [0.2, 0.25) is 11.8 Å². The molecule has 0 saturated heterocycles.